The summed E-state index contributed by atoms with van der Waals surface area (Å²) in [5.41, 5.74) is 7.53. The van der Waals surface area contributed by atoms with E-state index in [0.29, 0.717) is 0 Å². The Morgan fingerprint density at radius 3 is 1.94 bits per heavy atom. The first-order valence-corrected chi connectivity index (χ1v) is 6.06. The van der Waals surface area contributed by atoms with E-state index in [2.05, 4.69) is 24.8 Å². The molecule has 0 aromatic heterocycles. The Morgan fingerprint density at radius 1 is 0.938 bits per heavy atom. The number of aryl methyl sites for hydroxylation is 2. The number of nitrogens with zero attached hydrogens (tertiary/aromatic N) is 1. The van der Waals surface area contributed by atoms with Crippen molar-refractivity contribution < 1.29 is 22.4 Å². The summed E-state index contributed by atoms with van der Waals surface area (Å²) in [5.74, 6) is 0. The van der Waals surface area contributed by atoms with Gasteiger partial charge < -0.3 is 4.90 Å². The zero-order valence-electron chi connectivity index (χ0n) is 9.99. The predicted octanol–water partition coefficient (Wildman–Crippen LogP) is 2.80. The van der Waals surface area contributed by atoms with Gasteiger partial charge in [-0.05, 0) is 12.8 Å². The van der Waals surface area contributed by atoms with Gasteiger partial charge in [0.1, 0.15) is 0 Å². The Labute approximate surface area is 114 Å². The Morgan fingerprint density at radius 2 is 1.44 bits per heavy atom. The molecule has 2 heteroatoms. The molecule has 0 spiro atoms. The fourth-order valence-electron chi connectivity index (χ4n) is 3.19. The summed E-state index contributed by atoms with van der Waals surface area (Å²) in [7, 11) is 0. The molecule has 3 rings (SSSR count). The molecule has 0 saturated heterocycles. The van der Waals surface area contributed by atoms with Crippen LogP contribution in [-0.4, -0.2) is 13.1 Å². The van der Waals surface area contributed by atoms with Crippen LogP contribution in [0.3, 0.4) is 0 Å². The zero-order chi connectivity index (χ0) is 10.4. The molecule has 16 heavy (non-hydrogen) atoms. The van der Waals surface area contributed by atoms with E-state index >= 15 is 0 Å². The smallest absolute Gasteiger partial charge is 0.393 e. The molecule has 0 aliphatic carbocycles. The number of rotatable bonds is 0. The van der Waals surface area contributed by atoms with Crippen LogP contribution in [0.4, 0.5) is 5.69 Å². The maximum Gasteiger partial charge on any atom is 1.00 e. The first-order chi connectivity index (χ1) is 7.27. The summed E-state index contributed by atoms with van der Waals surface area (Å²) >= 11 is 0. The number of benzene rings is 1. The summed E-state index contributed by atoms with van der Waals surface area (Å²) < 4.78 is 0. The van der Waals surface area contributed by atoms with Gasteiger partial charge in [-0.25, -0.2) is 0 Å². The van der Waals surface area contributed by atoms with Crippen molar-refractivity contribution in [2.75, 3.05) is 18.0 Å². The molecule has 0 fully saturated rings. The van der Waals surface area contributed by atoms with Crippen molar-refractivity contribution in [2.24, 2.45) is 0 Å². The van der Waals surface area contributed by atoms with Gasteiger partial charge in [0.15, 0.2) is 0 Å². The van der Waals surface area contributed by atoms with Crippen LogP contribution in [0, 0.1) is 19.9 Å². The van der Waals surface area contributed by atoms with Gasteiger partial charge in [-0.15, -0.1) is 11.1 Å². The quantitative estimate of drug-likeness (QED) is 0.481. The monoisotopic (exact) mass is 397 g/mol. The van der Waals surface area contributed by atoms with Crippen LogP contribution in [0.5, 0.6) is 0 Å². The van der Waals surface area contributed by atoms with Crippen LogP contribution in [0.25, 0.3) is 0 Å². The SMILES string of the molecule is Cc1[c-]c(C)c2c3c1CCCN3CCC2.[Au+]. The molecule has 0 radical (unpaired) electrons. The second kappa shape index (κ2) is 4.56. The Kier molecular flexibility index (Phi) is 3.48. The molecule has 0 bridgehead atoms. The van der Waals surface area contributed by atoms with Gasteiger partial charge in [0, 0.05) is 13.1 Å². The van der Waals surface area contributed by atoms with E-state index in [0.717, 1.165) is 0 Å². The third-order valence-electron chi connectivity index (χ3n) is 3.88. The van der Waals surface area contributed by atoms with Gasteiger partial charge in [-0.2, -0.15) is 17.2 Å². The molecule has 0 amide bonds. The number of anilines is 1. The molecular formula is C14H18AuN. The van der Waals surface area contributed by atoms with Crippen molar-refractivity contribution >= 4 is 5.69 Å². The largest absolute Gasteiger partial charge is 1.00 e. The van der Waals surface area contributed by atoms with E-state index in [9.17, 15) is 0 Å². The van der Waals surface area contributed by atoms with Crippen LogP contribution >= 0.6 is 0 Å². The van der Waals surface area contributed by atoms with E-state index in [1.807, 2.05) is 0 Å². The van der Waals surface area contributed by atoms with E-state index in [4.69, 9.17) is 0 Å². The summed E-state index contributed by atoms with van der Waals surface area (Å²) in [5, 5.41) is 0. The fourth-order valence-corrected chi connectivity index (χ4v) is 3.19. The molecule has 2 aliphatic heterocycles. The number of hydrogen-bond donors (Lipinski definition) is 0. The first-order valence-electron chi connectivity index (χ1n) is 6.06. The molecule has 1 aromatic carbocycles. The average Bonchev–Trinajstić information content (AvgIpc) is 2.25. The molecule has 90 valence electrons. The van der Waals surface area contributed by atoms with E-state index < -0.39 is 0 Å². The molecule has 0 N–H and O–H groups in total. The third-order valence-corrected chi connectivity index (χ3v) is 3.88. The minimum absolute atomic E-state index is 0. The standard InChI is InChI=1S/C14H18N.Au/c1-10-9-11(2)13-6-4-8-15-7-3-5-12(10)14(13)15;/h3-8H2,1-2H3;/q-1;+1. The summed E-state index contributed by atoms with van der Waals surface area (Å²) in [6.07, 6.45) is 5.18. The first kappa shape index (κ1) is 12.2. The molecule has 1 aromatic rings. The maximum absolute atomic E-state index is 3.55. The predicted molar refractivity (Wildman–Crippen MR) is 63.6 cm³/mol. The molecule has 0 saturated carbocycles. The van der Waals surface area contributed by atoms with Crippen LogP contribution in [0.1, 0.15) is 35.1 Å². The van der Waals surface area contributed by atoms with Crippen molar-refractivity contribution in [1.29, 1.82) is 0 Å². The van der Waals surface area contributed by atoms with Crippen molar-refractivity contribution in [1.82, 2.24) is 0 Å². The topological polar surface area (TPSA) is 3.24 Å². The molecule has 0 unspecified atom stereocenters. The minimum atomic E-state index is 0. The average molecular weight is 397 g/mol. The van der Waals surface area contributed by atoms with Crippen LogP contribution in [0.15, 0.2) is 0 Å². The molecular weight excluding hydrogens is 379 g/mol. The van der Waals surface area contributed by atoms with E-state index in [-0.39, 0.29) is 22.4 Å². The van der Waals surface area contributed by atoms with E-state index in [1.165, 1.54) is 49.9 Å². The molecule has 0 atom stereocenters. The van der Waals surface area contributed by atoms with Crippen LogP contribution in [0.2, 0.25) is 0 Å². The van der Waals surface area contributed by atoms with Gasteiger partial charge in [0.05, 0.1) is 0 Å². The molecule has 2 aliphatic rings. The van der Waals surface area contributed by atoms with Crippen molar-refractivity contribution in [3.8, 4) is 0 Å². The Balaban J connectivity index is 0.000000963. The van der Waals surface area contributed by atoms with Gasteiger partial charge in [-0.1, -0.05) is 32.4 Å². The van der Waals surface area contributed by atoms with Gasteiger partial charge in [0.2, 0.25) is 0 Å². The van der Waals surface area contributed by atoms with Crippen LogP contribution < -0.4 is 4.90 Å². The normalized spacial score (nSPS) is 17.8. The Bertz CT molecular complexity index is 377. The summed E-state index contributed by atoms with van der Waals surface area (Å²) in [4.78, 5) is 2.60. The Hall–Kier alpha value is -0.240. The van der Waals surface area contributed by atoms with Crippen molar-refractivity contribution in [3.05, 3.63) is 28.3 Å². The molecule has 2 heterocycles. The van der Waals surface area contributed by atoms with E-state index in [1.54, 1.807) is 16.8 Å². The van der Waals surface area contributed by atoms with Gasteiger partial charge in [-0.3, -0.25) is 0 Å². The molecule has 1 nitrogen and oxygen atoms in total. The summed E-state index contributed by atoms with van der Waals surface area (Å²) in [6, 6.07) is 3.55. The van der Waals surface area contributed by atoms with Crippen LogP contribution in [-0.2, 0) is 35.2 Å². The zero-order valence-corrected chi connectivity index (χ0v) is 12.2. The minimum Gasteiger partial charge on any atom is -0.393 e. The second-order valence-corrected chi connectivity index (χ2v) is 4.87. The van der Waals surface area contributed by atoms with Crippen molar-refractivity contribution in [3.63, 3.8) is 0 Å². The van der Waals surface area contributed by atoms with Gasteiger partial charge in [0.25, 0.3) is 0 Å². The third kappa shape index (κ3) is 1.75. The summed E-state index contributed by atoms with van der Waals surface area (Å²) in [6.45, 7) is 6.98. The fraction of sp³-hybridized carbons (Fsp3) is 0.571. The number of hydrogen-bond acceptors (Lipinski definition) is 1. The second-order valence-electron chi connectivity index (χ2n) is 4.87. The maximum atomic E-state index is 3.55. The van der Waals surface area contributed by atoms with Crippen molar-refractivity contribution in [2.45, 2.75) is 39.5 Å². The van der Waals surface area contributed by atoms with Gasteiger partial charge >= 0.3 is 22.4 Å².